The number of benzene rings is 2. The fraction of sp³-hybridized carbons (Fsp3) is 0.0667. The molecule has 2 rings (SSSR count). The molecule has 0 atom stereocenters. The Kier molecular flexibility index (Phi) is 4.90. The van der Waals surface area contributed by atoms with Crippen LogP contribution in [0.5, 0.6) is 5.75 Å². The minimum Gasteiger partial charge on any atom is -0.494 e. The maximum absolute atomic E-state index is 12.2. The summed E-state index contributed by atoms with van der Waals surface area (Å²) >= 11 is 12.0. The maximum atomic E-state index is 12.2. The topological polar surface area (TPSA) is 81.4 Å². The summed E-state index contributed by atoms with van der Waals surface area (Å²) in [5.41, 5.74) is 6.30. The van der Waals surface area contributed by atoms with Gasteiger partial charge in [-0.3, -0.25) is 9.59 Å². The quantitative estimate of drug-likeness (QED) is 0.896. The van der Waals surface area contributed by atoms with Crippen LogP contribution in [-0.4, -0.2) is 18.9 Å². The summed E-state index contributed by atoms with van der Waals surface area (Å²) < 4.78 is 5.02. The van der Waals surface area contributed by atoms with E-state index in [1.807, 2.05) is 0 Å². The number of hydrogen-bond donors (Lipinski definition) is 2. The summed E-state index contributed by atoms with van der Waals surface area (Å²) in [7, 11) is 1.44. The first-order valence-electron chi connectivity index (χ1n) is 6.16. The second-order valence-electron chi connectivity index (χ2n) is 4.37. The van der Waals surface area contributed by atoms with Crippen molar-refractivity contribution in [1.29, 1.82) is 0 Å². The van der Waals surface area contributed by atoms with Crippen molar-refractivity contribution in [3.63, 3.8) is 0 Å². The number of carbonyl (C=O) groups is 2. The molecule has 7 heteroatoms. The Morgan fingerprint density at radius 1 is 1.05 bits per heavy atom. The van der Waals surface area contributed by atoms with Crippen LogP contribution in [0.15, 0.2) is 36.4 Å². The summed E-state index contributed by atoms with van der Waals surface area (Å²) in [6.45, 7) is 0. The summed E-state index contributed by atoms with van der Waals surface area (Å²) in [5, 5.41) is 3.15. The lowest BCUT2D eigenvalue weighted by molar-refractivity contribution is 0.0998. The van der Waals surface area contributed by atoms with Crippen molar-refractivity contribution in [3.05, 3.63) is 57.6 Å². The van der Waals surface area contributed by atoms with Crippen LogP contribution in [0, 0.1) is 0 Å². The SMILES string of the molecule is COc1c(Cl)cc(C(=O)Nc2ccc(C(N)=O)cc2)cc1Cl. The van der Waals surface area contributed by atoms with Gasteiger partial charge in [-0.05, 0) is 36.4 Å². The molecular formula is C15H12Cl2N2O3. The Balaban J connectivity index is 2.20. The minimum atomic E-state index is -0.536. The number of primary amides is 1. The molecule has 0 aliphatic heterocycles. The fourth-order valence-corrected chi connectivity index (χ4v) is 2.45. The molecule has 2 aromatic carbocycles. The van der Waals surface area contributed by atoms with E-state index in [0.717, 1.165) is 0 Å². The number of rotatable bonds is 4. The van der Waals surface area contributed by atoms with Gasteiger partial charge in [0, 0.05) is 16.8 Å². The van der Waals surface area contributed by atoms with E-state index in [2.05, 4.69) is 5.32 Å². The van der Waals surface area contributed by atoms with Crippen LogP contribution in [0.1, 0.15) is 20.7 Å². The lowest BCUT2D eigenvalue weighted by atomic mass is 10.1. The van der Waals surface area contributed by atoms with E-state index in [-0.39, 0.29) is 15.6 Å². The predicted molar refractivity (Wildman–Crippen MR) is 85.9 cm³/mol. The van der Waals surface area contributed by atoms with Crippen LogP contribution in [0.2, 0.25) is 10.0 Å². The highest BCUT2D eigenvalue weighted by molar-refractivity contribution is 6.37. The number of anilines is 1. The second kappa shape index (κ2) is 6.68. The van der Waals surface area contributed by atoms with Crippen molar-refractivity contribution in [1.82, 2.24) is 0 Å². The maximum Gasteiger partial charge on any atom is 0.255 e. The number of nitrogens with one attached hydrogen (secondary N) is 1. The van der Waals surface area contributed by atoms with E-state index in [0.29, 0.717) is 17.0 Å². The number of amides is 2. The fourth-order valence-electron chi connectivity index (χ4n) is 1.81. The molecule has 0 saturated heterocycles. The number of ether oxygens (including phenoxy) is 1. The van der Waals surface area contributed by atoms with Gasteiger partial charge in [0.1, 0.15) is 0 Å². The van der Waals surface area contributed by atoms with Gasteiger partial charge in [0.25, 0.3) is 5.91 Å². The highest BCUT2D eigenvalue weighted by Gasteiger charge is 2.13. The molecule has 2 amide bonds. The van der Waals surface area contributed by atoms with Crippen LogP contribution < -0.4 is 15.8 Å². The minimum absolute atomic E-state index is 0.240. The average Bonchev–Trinajstić information content (AvgIpc) is 2.47. The molecule has 0 heterocycles. The number of hydrogen-bond acceptors (Lipinski definition) is 3. The van der Waals surface area contributed by atoms with E-state index in [4.69, 9.17) is 33.7 Å². The Labute approximate surface area is 137 Å². The molecule has 3 N–H and O–H groups in total. The Hall–Kier alpha value is -2.24. The van der Waals surface area contributed by atoms with Crippen molar-refractivity contribution in [2.75, 3.05) is 12.4 Å². The van der Waals surface area contributed by atoms with Crippen molar-refractivity contribution in [2.45, 2.75) is 0 Å². The van der Waals surface area contributed by atoms with E-state index < -0.39 is 11.8 Å². The number of methoxy groups -OCH3 is 1. The molecule has 0 aliphatic carbocycles. The lowest BCUT2D eigenvalue weighted by Crippen LogP contribution is -2.13. The van der Waals surface area contributed by atoms with E-state index in [1.165, 1.54) is 31.4 Å². The second-order valence-corrected chi connectivity index (χ2v) is 5.18. The smallest absolute Gasteiger partial charge is 0.255 e. The molecule has 0 spiro atoms. The van der Waals surface area contributed by atoms with E-state index in [1.54, 1.807) is 12.1 Å². The normalized spacial score (nSPS) is 10.1. The summed E-state index contributed by atoms with van der Waals surface area (Å²) in [5.74, 6) is -0.615. The zero-order valence-electron chi connectivity index (χ0n) is 11.5. The van der Waals surface area contributed by atoms with Gasteiger partial charge in [0.2, 0.25) is 5.91 Å². The van der Waals surface area contributed by atoms with Crippen LogP contribution >= 0.6 is 23.2 Å². The van der Waals surface area contributed by atoms with Gasteiger partial charge in [0.15, 0.2) is 5.75 Å². The third kappa shape index (κ3) is 3.50. The molecule has 0 radical (unpaired) electrons. The van der Waals surface area contributed by atoms with Gasteiger partial charge < -0.3 is 15.8 Å². The third-order valence-corrected chi connectivity index (χ3v) is 3.45. The van der Waals surface area contributed by atoms with Gasteiger partial charge in [-0.1, -0.05) is 23.2 Å². The predicted octanol–water partition coefficient (Wildman–Crippen LogP) is 3.35. The molecule has 0 bridgehead atoms. The molecule has 0 unspecified atom stereocenters. The average molecular weight is 339 g/mol. The Morgan fingerprint density at radius 3 is 2.05 bits per heavy atom. The van der Waals surface area contributed by atoms with Crippen LogP contribution in [-0.2, 0) is 0 Å². The van der Waals surface area contributed by atoms with E-state index >= 15 is 0 Å². The molecule has 114 valence electrons. The first kappa shape index (κ1) is 16.1. The number of nitrogens with two attached hydrogens (primary N) is 1. The first-order valence-corrected chi connectivity index (χ1v) is 6.92. The number of halogens is 2. The summed E-state index contributed by atoms with van der Waals surface area (Å²) in [6.07, 6.45) is 0. The molecule has 0 aromatic heterocycles. The zero-order chi connectivity index (χ0) is 16.3. The van der Waals surface area contributed by atoms with Crippen LogP contribution in [0.3, 0.4) is 0 Å². The monoisotopic (exact) mass is 338 g/mol. The van der Waals surface area contributed by atoms with Gasteiger partial charge >= 0.3 is 0 Å². The van der Waals surface area contributed by atoms with Gasteiger partial charge in [-0.2, -0.15) is 0 Å². The van der Waals surface area contributed by atoms with Crippen molar-refractivity contribution in [2.24, 2.45) is 5.73 Å². The van der Waals surface area contributed by atoms with Crippen molar-refractivity contribution in [3.8, 4) is 5.75 Å². The van der Waals surface area contributed by atoms with Crippen molar-refractivity contribution < 1.29 is 14.3 Å². The summed E-state index contributed by atoms with van der Waals surface area (Å²) in [6, 6.07) is 9.10. The van der Waals surface area contributed by atoms with Gasteiger partial charge in [-0.25, -0.2) is 0 Å². The molecule has 0 aliphatic rings. The van der Waals surface area contributed by atoms with Gasteiger partial charge in [0.05, 0.1) is 17.2 Å². The third-order valence-electron chi connectivity index (χ3n) is 2.89. The molecule has 2 aromatic rings. The Morgan fingerprint density at radius 2 is 1.59 bits per heavy atom. The molecular weight excluding hydrogens is 327 g/mol. The first-order chi connectivity index (χ1) is 10.4. The van der Waals surface area contributed by atoms with Crippen molar-refractivity contribution >= 4 is 40.7 Å². The lowest BCUT2D eigenvalue weighted by Gasteiger charge is -2.09. The van der Waals surface area contributed by atoms with Crippen LogP contribution in [0.25, 0.3) is 0 Å². The van der Waals surface area contributed by atoms with Gasteiger partial charge in [-0.15, -0.1) is 0 Å². The largest absolute Gasteiger partial charge is 0.494 e. The zero-order valence-corrected chi connectivity index (χ0v) is 13.0. The molecule has 5 nitrogen and oxygen atoms in total. The highest BCUT2D eigenvalue weighted by atomic mass is 35.5. The standard InChI is InChI=1S/C15H12Cl2N2O3/c1-22-13-11(16)6-9(7-12(13)17)15(21)19-10-4-2-8(3-5-10)14(18)20/h2-7H,1H3,(H2,18,20)(H,19,21). The number of carbonyl (C=O) groups excluding carboxylic acids is 2. The Bertz CT molecular complexity index is 707. The molecule has 0 saturated carbocycles. The molecule has 0 fully saturated rings. The van der Waals surface area contributed by atoms with Crippen LogP contribution in [0.4, 0.5) is 5.69 Å². The molecule has 22 heavy (non-hydrogen) atoms. The van der Waals surface area contributed by atoms with E-state index in [9.17, 15) is 9.59 Å². The highest BCUT2D eigenvalue weighted by Crippen LogP contribution is 2.34. The summed E-state index contributed by atoms with van der Waals surface area (Å²) in [4.78, 5) is 23.2.